The summed E-state index contributed by atoms with van der Waals surface area (Å²) in [6.07, 6.45) is 0.945. The molecule has 0 radical (unpaired) electrons. The third-order valence-electron chi connectivity index (χ3n) is 3.71. The van der Waals surface area contributed by atoms with E-state index >= 15 is 0 Å². The number of aliphatic carboxylic acids is 1. The lowest BCUT2D eigenvalue weighted by Gasteiger charge is -2.44. The molecular weight excluding hydrogens is 246 g/mol. The Labute approximate surface area is 98.8 Å². The van der Waals surface area contributed by atoms with Crippen LogP contribution >= 0.6 is 0 Å². The van der Waals surface area contributed by atoms with Gasteiger partial charge in [-0.2, -0.15) is 0 Å². The number of carbonyl (C=O) groups excluding carboxylic acids is 1. The second-order valence-electron chi connectivity index (χ2n) is 4.84. The predicted molar refractivity (Wildman–Crippen MR) is 58.8 cm³/mol. The molecule has 6 nitrogen and oxygen atoms in total. The lowest BCUT2D eigenvalue weighted by Crippen LogP contribution is -2.64. The van der Waals surface area contributed by atoms with Gasteiger partial charge in [0.15, 0.2) is 20.8 Å². The Kier molecular flexibility index (Phi) is 2.06. The van der Waals surface area contributed by atoms with Gasteiger partial charge in [-0.25, -0.2) is 13.2 Å². The topological polar surface area (TPSA) is 91.8 Å². The molecule has 2 heterocycles. The standard InChI is InChI=1S/C10H13NO5S/c1-4-10-5-6(12)11(10)7(8(13)14)9(2,3)17(10,15)16/h4,7H,1,5H2,2-3H3,(H,13,14)/t7-,10+/m0/s1. The number of sulfone groups is 1. The van der Waals surface area contributed by atoms with Crippen molar-refractivity contribution in [3.05, 3.63) is 12.7 Å². The summed E-state index contributed by atoms with van der Waals surface area (Å²) in [5.74, 6) is -1.78. The van der Waals surface area contributed by atoms with E-state index in [1.54, 1.807) is 0 Å². The summed E-state index contributed by atoms with van der Waals surface area (Å²) in [7, 11) is -3.80. The molecule has 0 spiro atoms. The van der Waals surface area contributed by atoms with Gasteiger partial charge in [0.05, 0.1) is 6.42 Å². The maximum Gasteiger partial charge on any atom is 0.328 e. The van der Waals surface area contributed by atoms with Gasteiger partial charge in [0.2, 0.25) is 5.91 Å². The van der Waals surface area contributed by atoms with Gasteiger partial charge < -0.3 is 10.0 Å². The normalized spacial score (nSPS) is 37.2. The van der Waals surface area contributed by atoms with Crippen molar-refractivity contribution in [1.29, 1.82) is 0 Å². The first-order chi connectivity index (χ1) is 7.63. The summed E-state index contributed by atoms with van der Waals surface area (Å²) in [6.45, 7) is 6.10. The van der Waals surface area contributed by atoms with Gasteiger partial charge in [0.25, 0.3) is 0 Å². The molecule has 2 saturated heterocycles. The molecule has 0 bridgehead atoms. The Morgan fingerprint density at radius 2 is 2.12 bits per heavy atom. The predicted octanol–water partition coefficient (Wildman–Crippen LogP) is -0.239. The molecule has 17 heavy (non-hydrogen) atoms. The first-order valence-electron chi connectivity index (χ1n) is 5.06. The molecule has 2 atom stereocenters. The smallest absolute Gasteiger partial charge is 0.328 e. The molecule has 0 aromatic rings. The van der Waals surface area contributed by atoms with Gasteiger partial charge in [-0.15, -0.1) is 0 Å². The van der Waals surface area contributed by atoms with Crippen LogP contribution in [-0.4, -0.2) is 46.0 Å². The minimum absolute atomic E-state index is 0.216. The van der Waals surface area contributed by atoms with Crippen LogP contribution < -0.4 is 0 Å². The van der Waals surface area contributed by atoms with Crippen molar-refractivity contribution >= 4 is 21.7 Å². The second kappa shape index (κ2) is 2.90. The number of carbonyl (C=O) groups is 2. The molecule has 2 fully saturated rings. The molecule has 7 heteroatoms. The number of amides is 1. The average Bonchev–Trinajstić information content (AvgIpc) is 2.29. The highest BCUT2D eigenvalue weighted by molar-refractivity contribution is 7.94. The van der Waals surface area contributed by atoms with Crippen molar-refractivity contribution < 1.29 is 23.1 Å². The van der Waals surface area contributed by atoms with Gasteiger partial charge in [0.1, 0.15) is 4.75 Å². The number of carboxylic acid groups (broad SMARTS) is 1. The van der Waals surface area contributed by atoms with Crippen LogP contribution in [-0.2, 0) is 19.4 Å². The molecule has 0 unspecified atom stereocenters. The van der Waals surface area contributed by atoms with Crippen LogP contribution in [0.4, 0.5) is 0 Å². The maximum absolute atomic E-state index is 12.4. The molecule has 1 amide bonds. The summed E-state index contributed by atoms with van der Waals surface area (Å²) in [4.78, 5) is 22.1. The summed E-state index contributed by atoms with van der Waals surface area (Å²) in [5.41, 5.74) is 0. The van der Waals surface area contributed by atoms with E-state index in [-0.39, 0.29) is 6.42 Å². The lowest BCUT2D eigenvalue weighted by molar-refractivity contribution is -0.160. The van der Waals surface area contributed by atoms with Crippen LogP contribution in [0.25, 0.3) is 0 Å². The van der Waals surface area contributed by atoms with E-state index in [9.17, 15) is 18.0 Å². The van der Waals surface area contributed by atoms with E-state index in [0.29, 0.717) is 0 Å². The summed E-state index contributed by atoms with van der Waals surface area (Å²) >= 11 is 0. The highest BCUT2D eigenvalue weighted by Crippen LogP contribution is 2.54. The summed E-state index contributed by atoms with van der Waals surface area (Å²) in [6, 6.07) is -1.35. The van der Waals surface area contributed by atoms with Crippen LogP contribution in [0.5, 0.6) is 0 Å². The highest BCUT2D eigenvalue weighted by atomic mass is 32.2. The first-order valence-corrected chi connectivity index (χ1v) is 6.54. The Hall–Kier alpha value is -1.37. The number of hydrogen-bond acceptors (Lipinski definition) is 4. The van der Waals surface area contributed by atoms with E-state index in [1.807, 2.05) is 0 Å². The monoisotopic (exact) mass is 259 g/mol. The molecule has 1 N–H and O–H groups in total. The molecule has 0 saturated carbocycles. The Bertz CT molecular complexity index is 535. The maximum atomic E-state index is 12.4. The number of hydrogen-bond donors (Lipinski definition) is 1. The molecule has 2 rings (SSSR count). The zero-order chi connectivity index (χ0) is 13.2. The van der Waals surface area contributed by atoms with Crippen LogP contribution in [0.2, 0.25) is 0 Å². The molecule has 2 aliphatic heterocycles. The third kappa shape index (κ3) is 0.987. The zero-order valence-electron chi connectivity index (χ0n) is 9.50. The Morgan fingerprint density at radius 1 is 1.59 bits per heavy atom. The Balaban J connectivity index is 2.73. The quantitative estimate of drug-likeness (QED) is 0.546. The second-order valence-corrected chi connectivity index (χ2v) is 7.60. The summed E-state index contributed by atoms with van der Waals surface area (Å²) < 4.78 is 23.2. The van der Waals surface area contributed by atoms with Crippen molar-refractivity contribution in [3.63, 3.8) is 0 Å². The number of nitrogens with zero attached hydrogens (tertiary/aromatic N) is 1. The van der Waals surface area contributed by atoms with E-state index in [2.05, 4.69) is 6.58 Å². The summed E-state index contributed by atoms with van der Waals surface area (Å²) in [5, 5.41) is 9.14. The van der Waals surface area contributed by atoms with Crippen molar-refractivity contribution in [2.45, 2.75) is 35.9 Å². The molecule has 0 aliphatic carbocycles. The van der Waals surface area contributed by atoms with Gasteiger partial charge in [-0.05, 0) is 13.8 Å². The van der Waals surface area contributed by atoms with Crippen LogP contribution in [0.1, 0.15) is 20.3 Å². The fourth-order valence-electron chi connectivity index (χ4n) is 2.70. The van der Waals surface area contributed by atoms with E-state index in [0.717, 1.165) is 11.0 Å². The molecule has 2 aliphatic rings. The van der Waals surface area contributed by atoms with E-state index < -0.39 is 37.4 Å². The van der Waals surface area contributed by atoms with Crippen LogP contribution in [0.15, 0.2) is 12.7 Å². The van der Waals surface area contributed by atoms with Gasteiger partial charge >= 0.3 is 5.97 Å². The molecule has 94 valence electrons. The first kappa shape index (κ1) is 12.1. The lowest BCUT2D eigenvalue weighted by atomic mass is 9.93. The van der Waals surface area contributed by atoms with Gasteiger partial charge in [-0.1, -0.05) is 12.7 Å². The van der Waals surface area contributed by atoms with Crippen molar-refractivity contribution in [3.8, 4) is 0 Å². The van der Waals surface area contributed by atoms with Gasteiger partial charge in [-0.3, -0.25) is 4.79 Å². The van der Waals surface area contributed by atoms with Crippen molar-refractivity contribution in [1.82, 2.24) is 4.90 Å². The SMILES string of the molecule is C=C[C@@]12CC(=O)N1[C@@H](C(=O)O)C(C)(C)S2(=O)=O. The average molecular weight is 259 g/mol. The van der Waals surface area contributed by atoms with E-state index in [1.165, 1.54) is 13.8 Å². The third-order valence-corrected chi connectivity index (χ3v) is 6.76. The molecular formula is C10H13NO5S. The number of β-lactam (4-membered cyclic amide) rings is 1. The largest absolute Gasteiger partial charge is 0.480 e. The van der Waals surface area contributed by atoms with Gasteiger partial charge in [0, 0.05) is 0 Å². The fourth-order valence-corrected chi connectivity index (χ4v) is 5.11. The zero-order valence-corrected chi connectivity index (χ0v) is 10.3. The Morgan fingerprint density at radius 3 is 2.47 bits per heavy atom. The molecule has 0 aromatic carbocycles. The number of fused-ring (bicyclic) bond motifs is 1. The number of rotatable bonds is 2. The molecule has 0 aromatic heterocycles. The minimum Gasteiger partial charge on any atom is -0.480 e. The number of carboxylic acids is 1. The van der Waals surface area contributed by atoms with Crippen LogP contribution in [0.3, 0.4) is 0 Å². The van der Waals surface area contributed by atoms with E-state index in [4.69, 9.17) is 5.11 Å². The minimum atomic E-state index is -3.80. The van der Waals surface area contributed by atoms with Crippen molar-refractivity contribution in [2.75, 3.05) is 0 Å². The fraction of sp³-hybridized carbons (Fsp3) is 0.600. The van der Waals surface area contributed by atoms with Crippen LogP contribution in [0, 0.1) is 0 Å². The highest BCUT2D eigenvalue weighted by Gasteiger charge is 2.75. The van der Waals surface area contributed by atoms with Crippen molar-refractivity contribution in [2.24, 2.45) is 0 Å².